The molecule has 1 aromatic rings. The number of hydrogen-bond acceptors (Lipinski definition) is 7. The molecule has 3 fully saturated rings. The molecule has 0 bridgehead atoms. The van der Waals surface area contributed by atoms with Crippen molar-refractivity contribution in [2.24, 2.45) is 0 Å². The van der Waals surface area contributed by atoms with Crippen LogP contribution in [0.3, 0.4) is 0 Å². The lowest BCUT2D eigenvalue weighted by Crippen LogP contribution is -2.52. The highest BCUT2D eigenvalue weighted by molar-refractivity contribution is 5.68. The summed E-state index contributed by atoms with van der Waals surface area (Å²) in [5.41, 5.74) is 0.908. The topological polar surface area (TPSA) is 84.5 Å². The zero-order valence-corrected chi connectivity index (χ0v) is 16.5. The van der Waals surface area contributed by atoms with Crippen LogP contribution in [0.15, 0.2) is 30.3 Å². The summed E-state index contributed by atoms with van der Waals surface area (Å²) in [5.74, 6) is -1.49. The van der Waals surface area contributed by atoms with Gasteiger partial charge in [0.25, 0.3) is 0 Å². The van der Waals surface area contributed by atoms with Crippen molar-refractivity contribution in [3.63, 3.8) is 0 Å². The SMILES string of the molecule is CC1(C)O[C@@H]2O[C@@H]([C@H]3COC(C)(C)O3)[C@H](NC(=O)OCc3ccccc3)[C@H]2O1. The summed E-state index contributed by atoms with van der Waals surface area (Å²) in [5, 5.41) is 2.89. The third-order valence-corrected chi connectivity index (χ3v) is 4.98. The molecule has 1 aromatic carbocycles. The second-order valence-corrected chi connectivity index (χ2v) is 8.17. The van der Waals surface area contributed by atoms with Crippen molar-refractivity contribution in [3.8, 4) is 0 Å². The average Bonchev–Trinajstić information content (AvgIpc) is 3.24. The highest BCUT2D eigenvalue weighted by atomic mass is 16.8. The zero-order chi connectivity index (χ0) is 19.9. The lowest BCUT2D eigenvalue weighted by atomic mass is 10.0. The number of amides is 1. The maximum atomic E-state index is 12.5. The maximum Gasteiger partial charge on any atom is 0.407 e. The van der Waals surface area contributed by atoms with Crippen LogP contribution >= 0.6 is 0 Å². The Morgan fingerprint density at radius 3 is 2.50 bits per heavy atom. The Hall–Kier alpha value is -1.71. The Morgan fingerprint density at radius 2 is 1.82 bits per heavy atom. The van der Waals surface area contributed by atoms with Crippen molar-refractivity contribution in [3.05, 3.63) is 35.9 Å². The van der Waals surface area contributed by atoms with Crippen molar-refractivity contribution in [2.75, 3.05) is 6.61 Å². The molecule has 3 saturated heterocycles. The highest BCUT2D eigenvalue weighted by Crippen LogP contribution is 2.40. The number of fused-ring (bicyclic) bond motifs is 1. The van der Waals surface area contributed by atoms with Gasteiger partial charge in [0.2, 0.25) is 0 Å². The molecule has 5 atom stereocenters. The van der Waals surface area contributed by atoms with E-state index in [4.69, 9.17) is 28.4 Å². The minimum Gasteiger partial charge on any atom is -0.445 e. The average molecular weight is 393 g/mol. The lowest BCUT2D eigenvalue weighted by Gasteiger charge is -2.29. The van der Waals surface area contributed by atoms with Gasteiger partial charge in [-0.2, -0.15) is 0 Å². The van der Waals surface area contributed by atoms with Gasteiger partial charge in [-0.25, -0.2) is 4.79 Å². The molecule has 0 radical (unpaired) electrons. The fraction of sp³-hybridized carbons (Fsp3) is 0.650. The van der Waals surface area contributed by atoms with E-state index in [1.807, 2.05) is 58.0 Å². The Labute approximate surface area is 164 Å². The Balaban J connectivity index is 1.43. The van der Waals surface area contributed by atoms with Gasteiger partial charge in [-0.15, -0.1) is 0 Å². The van der Waals surface area contributed by atoms with Crippen LogP contribution in [0.2, 0.25) is 0 Å². The van der Waals surface area contributed by atoms with Crippen molar-refractivity contribution < 1.29 is 33.2 Å². The molecule has 0 unspecified atom stereocenters. The molecule has 3 heterocycles. The Kier molecular flexibility index (Phi) is 5.09. The smallest absolute Gasteiger partial charge is 0.407 e. The minimum atomic E-state index is -0.791. The first-order valence-corrected chi connectivity index (χ1v) is 9.53. The van der Waals surface area contributed by atoms with E-state index in [1.54, 1.807) is 0 Å². The zero-order valence-electron chi connectivity index (χ0n) is 16.5. The van der Waals surface area contributed by atoms with Crippen LogP contribution in [-0.4, -0.2) is 54.9 Å². The van der Waals surface area contributed by atoms with Crippen molar-refractivity contribution in [1.82, 2.24) is 5.32 Å². The standard InChI is InChI=1S/C20H27NO7/c1-19(2)24-11-13(26-19)15-14(16-17(25-15)28-20(3,4)27-16)21-18(22)23-10-12-8-6-5-7-9-12/h5-9,13-17H,10-11H2,1-4H3,(H,21,22)/t13-,14+,15+,16-,17+/m1/s1. The molecule has 4 rings (SSSR count). The summed E-state index contributed by atoms with van der Waals surface area (Å²) in [4.78, 5) is 12.5. The van der Waals surface area contributed by atoms with Gasteiger partial charge in [0.05, 0.1) is 12.6 Å². The molecule has 3 aliphatic heterocycles. The van der Waals surface area contributed by atoms with Crippen molar-refractivity contribution in [1.29, 1.82) is 0 Å². The summed E-state index contributed by atoms with van der Waals surface area (Å²) in [6, 6.07) is 9.01. The van der Waals surface area contributed by atoms with E-state index >= 15 is 0 Å². The van der Waals surface area contributed by atoms with Crippen molar-refractivity contribution >= 4 is 6.09 Å². The predicted molar refractivity (Wildman–Crippen MR) is 97.2 cm³/mol. The number of alkyl carbamates (subject to hydrolysis) is 1. The van der Waals surface area contributed by atoms with E-state index in [-0.39, 0.29) is 12.7 Å². The van der Waals surface area contributed by atoms with Crippen molar-refractivity contribution in [2.45, 2.75) is 76.5 Å². The van der Waals surface area contributed by atoms with Gasteiger partial charge in [-0.05, 0) is 33.3 Å². The van der Waals surface area contributed by atoms with E-state index in [2.05, 4.69) is 5.32 Å². The monoisotopic (exact) mass is 393 g/mol. The van der Waals surface area contributed by atoms with E-state index < -0.39 is 42.2 Å². The molecule has 1 N–H and O–H groups in total. The first-order chi connectivity index (χ1) is 13.2. The second-order valence-electron chi connectivity index (χ2n) is 8.17. The fourth-order valence-corrected chi connectivity index (χ4v) is 3.79. The largest absolute Gasteiger partial charge is 0.445 e. The molecular formula is C20H27NO7. The quantitative estimate of drug-likeness (QED) is 0.840. The van der Waals surface area contributed by atoms with Crippen LogP contribution < -0.4 is 5.32 Å². The Morgan fingerprint density at radius 1 is 1.07 bits per heavy atom. The normalized spacial score (nSPS) is 35.5. The number of carbonyl (C=O) groups excluding carboxylic acids is 1. The molecule has 0 aliphatic carbocycles. The van der Waals surface area contributed by atoms with E-state index in [0.717, 1.165) is 5.56 Å². The van der Waals surface area contributed by atoms with Gasteiger partial charge in [0.15, 0.2) is 17.9 Å². The predicted octanol–water partition coefficient (Wildman–Crippen LogP) is 2.31. The van der Waals surface area contributed by atoms with Gasteiger partial charge < -0.3 is 33.7 Å². The van der Waals surface area contributed by atoms with Crippen LogP contribution in [0, 0.1) is 0 Å². The highest BCUT2D eigenvalue weighted by Gasteiger charge is 2.58. The molecule has 0 saturated carbocycles. The van der Waals surface area contributed by atoms with E-state index in [1.165, 1.54) is 0 Å². The van der Waals surface area contributed by atoms with Gasteiger partial charge in [-0.1, -0.05) is 30.3 Å². The summed E-state index contributed by atoms with van der Waals surface area (Å²) >= 11 is 0. The molecule has 1 amide bonds. The van der Waals surface area contributed by atoms with Crippen LogP contribution in [0.4, 0.5) is 4.79 Å². The van der Waals surface area contributed by atoms with Gasteiger partial charge in [-0.3, -0.25) is 0 Å². The third-order valence-electron chi connectivity index (χ3n) is 4.98. The van der Waals surface area contributed by atoms with Crippen LogP contribution in [0.5, 0.6) is 0 Å². The number of benzene rings is 1. The van der Waals surface area contributed by atoms with Gasteiger partial charge in [0, 0.05) is 0 Å². The summed E-state index contributed by atoms with van der Waals surface area (Å²) in [6.45, 7) is 7.85. The molecule has 8 heteroatoms. The molecule has 8 nitrogen and oxygen atoms in total. The number of nitrogens with one attached hydrogen (secondary N) is 1. The fourth-order valence-electron chi connectivity index (χ4n) is 3.79. The van der Waals surface area contributed by atoms with Gasteiger partial charge >= 0.3 is 6.09 Å². The number of rotatable bonds is 4. The maximum absolute atomic E-state index is 12.5. The number of hydrogen-bond donors (Lipinski definition) is 1. The molecule has 28 heavy (non-hydrogen) atoms. The lowest BCUT2D eigenvalue weighted by molar-refractivity contribution is -0.223. The molecule has 0 spiro atoms. The Bertz CT molecular complexity index is 708. The molecule has 0 aromatic heterocycles. The van der Waals surface area contributed by atoms with E-state index in [0.29, 0.717) is 6.61 Å². The third kappa shape index (κ3) is 4.16. The molecular weight excluding hydrogens is 366 g/mol. The van der Waals surface area contributed by atoms with Crippen LogP contribution in [-0.2, 0) is 35.0 Å². The summed E-state index contributed by atoms with van der Waals surface area (Å²) < 4.78 is 34.8. The second kappa shape index (κ2) is 7.27. The number of carbonyl (C=O) groups is 1. The number of ether oxygens (including phenoxy) is 6. The van der Waals surface area contributed by atoms with E-state index in [9.17, 15) is 4.79 Å². The first-order valence-electron chi connectivity index (χ1n) is 9.53. The summed E-state index contributed by atoms with van der Waals surface area (Å²) in [7, 11) is 0. The molecule has 3 aliphatic rings. The molecule has 154 valence electrons. The minimum absolute atomic E-state index is 0.179. The van der Waals surface area contributed by atoms with Crippen LogP contribution in [0.1, 0.15) is 33.3 Å². The first kappa shape index (κ1) is 19.6. The van der Waals surface area contributed by atoms with Gasteiger partial charge in [0.1, 0.15) is 24.9 Å². The summed E-state index contributed by atoms with van der Waals surface area (Å²) in [6.07, 6.45) is -2.43. The van der Waals surface area contributed by atoms with Crippen LogP contribution in [0.25, 0.3) is 0 Å².